The van der Waals surface area contributed by atoms with E-state index in [1.54, 1.807) is 18.4 Å². The van der Waals surface area contributed by atoms with E-state index in [0.29, 0.717) is 27.7 Å². The fraction of sp³-hybridized carbons (Fsp3) is 0.222. The van der Waals surface area contributed by atoms with E-state index in [1.807, 2.05) is 16.8 Å². The smallest absolute Gasteiger partial charge is 0.352 e. The lowest BCUT2D eigenvalue weighted by Gasteiger charge is -2.49. The molecular formula is C18H16N4O4S3. The van der Waals surface area contributed by atoms with E-state index < -0.39 is 29.2 Å². The van der Waals surface area contributed by atoms with Crippen LogP contribution in [0.1, 0.15) is 18.2 Å². The van der Waals surface area contributed by atoms with Gasteiger partial charge in [-0.05, 0) is 29.3 Å². The van der Waals surface area contributed by atoms with Crippen LogP contribution in [0.2, 0.25) is 0 Å². The Morgan fingerprint density at radius 3 is 2.79 bits per heavy atom. The number of allylic oxidation sites excluding steroid dienone is 1. The Balaban J connectivity index is 1.56. The fourth-order valence-electron chi connectivity index (χ4n) is 3.30. The molecule has 29 heavy (non-hydrogen) atoms. The third-order valence-electron chi connectivity index (χ3n) is 4.66. The number of hydrogen-bond donors (Lipinski definition) is 3. The molecule has 8 nitrogen and oxygen atoms in total. The molecule has 2 amide bonds. The van der Waals surface area contributed by atoms with Crippen molar-refractivity contribution in [2.24, 2.45) is 0 Å². The van der Waals surface area contributed by atoms with E-state index in [0.717, 1.165) is 5.56 Å². The number of nitrogen functional groups attached to an aromatic ring is 1. The van der Waals surface area contributed by atoms with Gasteiger partial charge in [0.25, 0.3) is 11.8 Å². The van der Waals surface area contributed by atoms with Gasteiger partial charge in [-0.15, -0.1) is 23.1 Å². The molecular weight excluding hydrogens is 432 g/mol. The summed E-state index contributed by atoms with van der Waals surface area (Å²) >= 11 is 4.12. The van der Waals surface area contributed by atoms with Crippen LogP contribution in [0.4, 0.5) is 5.13 Å². The zero-order valence-electron chi connectivity index (χ0n) is 15.1. The molecule has 150 valence electrons. The van der Waals surface area contributed by atoms with Gasteiger partial charge in [0.15, 0.2) is 5.13 Å². The summed E-state index contributed by atoms with van der Waals surface area (Å²) in [5.74, 6) is -1.59. The number of nitrogens with two attached hydrogens (primary N) is 1. The number of aromatic nitrogens is 1. The number of amides is 2. The highest BCUT2D eigenvalue weighted by Gasteiger charge is 2.54. The average Bonchev–Trinajstić information content (AvgIpc) is 3.37. The highest BCUT2D eigenvalue weighted by molar-refractivity contribution is 8.00. The van der Waals surface area contributed by atoms with Crippen molar-refractivity contribution in [3.05, 3.63) is 45.2 Å². The lowest BCUT2D eigenvalue weighted by Crippen LogP contribution is -2.70. The number of rotatable bonds is 5. The van der Waals surface area contributed by atoms with E-state index in [4.69, 9.17) is 5.73 Å². The highest BCUT2D eigenvalue weighted by atomic mass is 32.2. The summed E-state index contributed by atoms with van der Waals surface area (Å²) in [7, 11) is 0. The van der Waals surface area contributed by atoms with Crippen molar-refractivity contribution < 1.29 is 19.5 Å². The summed E-state index contributed by atoms with van der Waals surface area (Å²) in [5, 5.41) is 17.7. The van der Waals surface area contributed by atoms with Gasteiger partial charge in [-0.1, -0.05) is 6.08 Å². The zero-order valence-corrected chi connectivity index (χ0v) is 17.6. The predicted octanol–water partition coefficient (Wildman–Crippen LogP) is 2.09. The molecule has 0 spiro atoms. The second-order valence-corrected chi connectivity index (χ2v) is 9.05. The van der Waals surface area contributed by atoms with E-state index in [9.17, 15) is 19.5 Å². The largest absolute Gasteiger partial charge is 0.477 e. The highest BCUT2D eigenvalue weighted by Crippen LogP contribution is 2.43. The summed E-state index contributed by atoms with van der Waals surface area (Å²) in [6, 6.07) is 1.04. The van der Waals surface area contributed by atoms with Gasteiger partial charge in [0.05, 0.1) is 11.3 Å². The van der Waals surface area contributed by atoms with Gasteiger partial charge in [-0.25, -0.2) is 9.78 Å². The van der Waals surface area contributed by atoms with Crippen molar-refractivity contribution in [3.8, 4) is 0 Å². The van der Waals surface area contributed by atoms with Gasteiger partial charge in [0, 0.05) is 16.7 Å². The van der Waals surface area contributed by atoms with E-state index in [-0.39, 0.29) is 5.70 Å². The predicted molar refractivity (Wildman–Crippen MR) is 114 cm³/mol. The van der Waals surface area contributed by atoms with Crippen LogP contribution in [-0.2, 0) is 14.4 Å². The fourth-order valence-corrected chi connectivity index (χ4v) is 5.91. The Labute approximate surface area is 178 Å². The molecule has 1 saturated heterocycles. The van der Waals surface area contributed by atoms with Crippen LogP contribution in [0, 0.1) is 0 Å². The summed E-state index contributed by atoms with van der Waals surface area (Å²) in [4.78, 5) is 42.7. The molecule has 0 unspecified atom stereocenters. The van der Waals surface area contributed by atoms with Gasteiger partial charge in [-0.2, -0.15) is 11.3 Å². The minimum atomic E-state index is -1.15. The number of carbonyl (C=O) groups excluding carboxylic acids is 2. The average molecular weight is 449 g/mol. The minimum Gasteiger partial charge on any atom is -0.477 e. The topological polar surface area (TPSA) is 126 Å². The number of fused-ring (bicyclic) bond motifs is 1. The maximum absolute atomic E-state index is 12.8. The molecule has 2 aromatic heterocycles. The van der Waals surface area contributed by atoms with Crippen LogP contribution < -0.4 is 11.1 Å². The molecule has 2 aromatic rings. The van der Waals surface area contributed by atoms with E-state index in [2.05, 4.69) is 10.3 Å². The molecule has 0 aliphatic carbocycles. The third-order valence-corrected chi connectivity index (χ3v) is 7.30. The van der Waals surface area contributed by atoms with Crippen molar-refractivity contribution in [3.63, 3.8) is 0 Å². The number of carbonyl (C=O) groups is 3. The standard InChI is InChI=1S/C18H16N4O4S3/c1-2-9(11-7-29-18(19)20-11)14(23)21-12-15(24)22-13(17(25)26)10(6-28-16(12)22)8-3-4-27-5-8/h2-5,7,12,16H,6H2,1H3,(H2,19,20)(H,21,23)(H,25,26)/b9-2-/t12-,16+/m1/s1. The van der Waals surface area contributed by atoms with Gasteiger partial charge < -0.3 is 16.2 Å². The second-order valence-electron chi connectivity index (χ2n) is 6.28. The Kier molecular flexibility index (Phi) is 5.19. The number of carboxylic acid groups (broad SMARTS) is 1. The Hall–Kier alpha value is -2.63. The molecule has 0 radical (unpaired) electrons. The number of carboxylic acids is 1. The molecule has 2 aliphatic rings. The summed E-state index contributed by atoms with van der Waals surface area (Å²) in [5.41, 5.74) is 7.81. The maximum atomic E-state index is 12.8. The summed E-state index contributed by atoms with van der Waals surface area (Å²) in [6.45, 7) is 1.70. The van der Waals surface area contributed by atoms with Crippen molar-refractivity contribution >= 4 is 68.5 Å². The summed E-state index contributed by atoms with van der Waals surface area (Å²) in [6.07, 6.45) is 1.61. The van der Waals surface area contributed by atoms with Gasteiger partial charge >= 0.3 is 5.97 Å². The second kappa shape index (κ2) is 7.65. The maximum Gasteiger partial charge on any atom is 0.352 e. The molecule has 0 bridgehead atoms. The number of hydrogen-bond acceptors (Lipinski definition) is 8. The quantitative estimate of drug-likeness (QED) is 0.472. The first-order valence-electron chi connectivity index (χ1n) is 8.54. The van der Waals surface area contributed by atoms with Crippen LogP contribution in [0.15, 0.2) is 34.0 Å². The number of nitrogens with one attached hydrogen (secondary N) is 1. The van der Waals surface area contributed by atoms with Crippen molar-refractivity contribution in [2.75, 3.05) is 11.5 Å². The Morgan fingerprint density at radius 1 is 1.41 bits per heavy atom. The number of nitrogens with zero attached hydrogens (tertiary/aromatic N) is 2. The van der Waals surface area contributed by atoms with Crippen LogP contribution in [0.3, 0.4) is 0 Å². The molecule has 0 aromatic carbocycles. The minimum absolute atomic E-state index is 0.0128. The summed E-state index contributed by atoms with van der Waals surface area (Å²) < 4.78 is 0. The van der Waals surface area contributed by atoms with Gasteiger partial charge in [0.2, 0.25) is 0 Å². The normalized spacial score (nSPS) is 21.6. The van der Waals surface area contributed by atoms with Gasteiger partial charge in [-0.3, -0.25) is 14.5 Å². The van der Waals surface area contributed by atoms with Crippen LogP contribution in [-0.4, -0.2) is 49.9 Å². The number of anilines is 1. The van der Waals surface area contributed by atoms with E-state index in [1.165, 1.54) is 39.3 Å². The zero-order chi connectivity index (χ0) is 20.7. The Bertz CT molecular complexity index is 1060. The van der Waals surface area contributed by atoms with Crippen molar-refractivity contribution in [1.82, 2.24) is 15.2 Å². The monoisotopic (exact) mass is 448 g/mol. The molecule has 0 saturated carbocycles. The Morgan fingerprint density at radius 2 is 2.21 bits per heavy atom. The third kappa shape index (κ3) is 3.34. The molecule has 4 N–H and O–H groups in total. The number of β-lactam (4-membered cyclic amide) rings is 1. The first kappa shape index (κ1) is 19.7. The molecule has 1 fully saturated rings. The molecule has 4 heterocycles. The number of thiophene rings is 1. The number of thiazole rings is 1. The molecule has 11 heteroatoms. The molecule has 2 aliphatic heterocycles. The van der Waals surface area contributed by atoms with Crippen LogP contribution in [0.5, 0.6) is 0 Å². The molecule has 2 atom stereocenters. The lowest BCUT2D eigenvalue weighted by atomic mass is 10.00. The van der Waals surface area contributed by atoms with Gasteiger partial charge in [0.1, 0.15) is 17.1 Å². The first-order valence-corrected chi connectivity index (χ1v) is 11.4. The molecule has 4 rings (SSSR count). The van der Waals surface area contributed by atoms with Crippen LogP contribution in [0.25, 0.3) is 11.1 Å². The number of aliphatic carboxylic acids is 1. The van der Waals surface area contributed by atoms with Crippen LogP contribution >= 0.6 is 34.4 Å². The lowest BCUT2D eigenvalue weighted by molar-refractivity contribution is -0.150. The first-order chi connectivity index (χ1) is 13.9. The SMILES string of the molecule is C/C=C(\C(=O)N[C@@H]1C(=O)N2C(C(=O)O)=C(c3ccsc3)CS[C@@H]12)c1csc(N)n1. The van der Waals surface area contributed by atoms with Crippen molar-refractivity contribution in [2.45, 2.75) is 18.3 Å². The number of thioether (sulfide) groups is 1. The van der Waals surface area contributed by atoms with Crippen molar-refractivity contribution in [1.29, 1.82) is 0 Å². The van der Waals surface area contributed by atoms with E-state index >= 15 is 0 Å².